The molecule has 2 atom stereocenters. The minimum atomic E-state index is -1.19. The largest absolute Gasteiger partial charge is 1.00 e. The summed E-state index contributed by atoms with van der Waals surface area (Å²) in [4.78, 5) is 66.5. The Morgan fingerprint density at radius 3 is 0.865 bits per heavy atom. The van der Waals surface area contributed by atoms with Crippen molar-refractivity contribution in [2.45, 2.75) is 206 Å². The molecule has 0 saturated carbocycles. The van der Waals surface area contributed by atoms with Gasteiger partial charge in [0, 0.05) is 25.7 Å². The average Bonchev–Trinajstić information content (AvgIpc) is 3.06. The Morgan fingerprint density at radius 1 is 0.423 bits per heavy atom. The van der Waals surface area contributed by atoms with Gasteiger partial charge in [-0.05, 0) is 25.7 Å². The van der Waals surface area contributed by atoms with Gasteiger partial charge in [-0.15, -0.1) is 0 Å². The summed E-state index contributed by atoms with van der Waals surface area (Å²) in [5, 5.41) is 40.0. The van der Waals surface area contributed by atoms with Gasteiger partial charge in [-0.2, -0.15) is 0 Å². The molecule has 0 spiro atoms. The van der Waals surface area contributed by atoms with Crippen LogP contribution in [-0.2, 0) is 28.8 Å². The van der Waals surface area contributed by atoms with Crippen molar-refractivity contribution in [3.8, 4) is 0 Å². The number of carbonyl (C=O) groups is 6. The molecule has 0 rings (SSSR count). The van der Waals surface area contributed by atoms with Crippen LogP contribution >= 0.6 is 0 Å². The molecule has 296 valence electrons. The summed E-state index contributed by atoms with van der Waals surface area (Å²) in [6, 6.07) is -2.23. The number of carbonyl (C=O) groups excluding carboxylic acids is 2. The van der Waals surface area contributed by atoms with Crippen LogP contribution in [0.1, 0.15) is 196 Å². The molecule has 0 aliphatic rings. The molecule has 0 heterocycles. The maximum Gasteiger partial charge on any atom is 1.00 e. The van der Waals surface area contributed by atoms with Gasteiger partial charge in [0.15, 0.2) is 0 Å². The van der Waals surface area contributed by atoms with E-state index >= 15 is 0 Å². The Kier molecular flexibility index (Phi) is 48.3. The molecular formula is C38H72KN2NaO10. The molecule has 0 fully saturated rings. The molecule has 12 nitrogen and oxygen atoms in total. The molecule has 0 unspecified atom stereocenters. The van der Waals surface area contributed by atoms with Gasteiger partial charge in [0.1, 0.15) is 12.1 Å². The molecule has 52 heavy (non-hydrogen) atoms. The number of carboxylic acid groups (broad SMARTS) is 4. The molecule has 0 aliphatic heterocycles. The molecular weight excluding hydrogens is 707 g/mol. The topological polar surface area (TPSA) is 207 Å². The minimum Gasteiger partial charge on any atom is -1.00 e. The van der Waals surface area contributed by atoms with Crippen LogP contribution in [0.25, 0.3) is 0 Å². The van der Waals surface area contributed by atoms with Gasteiger partial charge in [-0.25, -0.2) is 9.59 Å². The summed E-state index contributed by atoms with van der Waals surface area (Å²) in [7, 11) is 0. The van der Waals surface area contributed by atoms with Crippen LogP contribution in [0.5, 0.6) is 0 Å². The van der Waals surface area contributed by atoms with Crippen LogP contribution in [0.4, 0.5) is 0 Å². The van der Waals surface area contributed by atoms with Crippen molar-refractivity contribution in [3.63, 3.8) is 0 Å². The van der Waals surface area contributed by atoms with E-state index in [0.29, 0.717) is 12.8 Å². The molecule has 0 saturated heterocycles. The zero-order valence-electron chi connectivity index (χ0n) is 35.2. The van der Waals surface area contributed by atoms with E-state index in [2.05, 4.69) is 24.5 Å². The number of hydrogen-bond donors (Lipinski definition) is 6. The summed E-state index contributed by atoms with van der Waals surface area (Å²) in [6.07, 6.45) is 26.2. The Hall–Kier alpha value is -0.544. The molecule has 0 aromatic carbocycles. The van der Waals surface area contributed by atoms with Gasteiger partial charge in [0.05, 0.1) is 0 Å². The second kappa shape index (κ2) is 43.2. The summed E-state index contributed by atoms with van der Waals surface area (Å²) in [5.74, 6) is -5.12. The first-order valence-corrected chi connectivity index (χ1v) is 19.4. The number of aliphatic carboxylic acids is 4. The predicted octanol–water partition coefficient (Wildman–Crippen LogP) is 2.48. The van der Waals surface area contributed by atoms with E-state index < -0.39 is 36.0 Å². The fraction of sp³-hybridized carbons (Fsp3) is 0.842. The second-order valence-electron chi connectivity index (χ2n) is 13.4. The van der Waals surface area contributed by atoms with Crippen molar-refractivity contribution in [2.75, 3.05) is 0 Å². The summed E-state index contributed by atoms with van der Waals surface area (Å²) in [5.41, 5.74) is 0. The van der Waals surface area contributed by atoms with E-state index in [1.807, 2.05) is 0 Å². The minimum absolute atomic E-state index is 0. The third kappa shape index (κ3) is 43.9. The van der Waals surface area contributed by atoms with E-state index in [0.717, 1.165) is 38.5 Å². The average molecular weight is 779 g/mol. The van der Waals surface area contributed by atoms with Gasteiger partial charge in [-0.3, -0.25) is 19.2 Å². The Morgan fingerprint density at radius 2 is 0.654 bits per heavy atom. The fourth-order valence-corrected chi connectivity index (χ4v) is 5.48. The number of nitrogens with one attached hydrogen (secondary N) is 2. The Bertz CT molecular complexity index is 867. The zero-order valence-corrected chi connectivity index (χ0v) is 38.3. The van der Waals surface area contributed by atoms with Crippen LogP contribution in [0, 0.1) is 0 Å². The number of carboxylic acids is 4. The molecule has 0 aliphatic carbocycles. The van der Waals surface area contributed by atoms with Crippen molar-refractivity contribution in [3.05, 3.63) is 0 Å². The molecule has 0 aromatic rings. The van der Waals surface area contributed by atoms with Gasteiger partial charge in [0.25, 0.3) is 0 Å². The van der Waals surface area contributed by atoms with E-state index in [1.165, 1.54) is 103 Å². The van der Waals surface area contributed by atoms with E-state index in [4.69, 9.17) is 20.4 Å². The Labute approximate surface area is 381 Å². The first-order valence-electron chi connectivity index (χ1n) is 19.4. The maximum atomic E-state index is 11.7. The van der Waals surface area contributed by atoms with Crippen molar-refractivity contribution in [1.29, 1.82) is 0 Å². The maximum absolute atomic E-state index is 11.7. The summed E-state index contributed by atoms with van der Waals surface area (Å²) in [6.45, 7) is 4.44. The number of rotatable bonds is 34. The second-order valence-corrected chi connectivity index (χ2v) is 13.4. The third-order valence-electron chi connectivity index (χ3n) is 8.58. The molecule has 2 amide bonds. The van der Waals surface area contributed by atoms with Crippen molar-refractivity contribution >= 4 is 35.7 Å². The van der Waals surface area contributed by atoms with E-state index in [-0.39, 0.29) is 121 Å². The molecule has 14 heteroatoms. The number of amides is 2. The number of hydrogen-bond acceptors (Lipinski definition) is 6. The molecule has 0 bridgehead atoms. The summed E-state index contributed by atoms with van der Waals surface area (Å²) >= 11 is 0. The van der Waals surface area contributed by atoms with Crippen LogP contribution < -0.4 is 91.6 Å². The van der Waals surface area contributed by atoms with E-state index in [9.17, 15) is 28.8 Å². The van der Waals surface area contributed by atoms with Gasteiger partial charge in [-0.1, -0.05) is 142 Å². The predicted molar refractivity (Wildman–Crippen MR) is 197 cm³/mol. The standard InChI is InChI=1S/2C19H35NO5.K.Na.2H/c2*1-2-3-4-5-6-7-8-9-10-11-12-13-17(21)20-16(19(24)25)14-15-18(22)23;;;;/h2*16H,2-15H2,1H3,(H,20,21)(H,22,23)(H,24,25);;;;/q;;2*+1;2*-1/t2*16-;;;;/m00..../s1. The SMILES string of the molecule is CCCCCCCCCCCCCC(=O)N[C@@H](CCC(=O)O)C(=O)O.CCCCCCCCCCCCCC(=O)N[C@@H](CCC(=O)O)C(=O)O.[H-].[H-].[K+].[Na+]. The molecule has 0 radical (unpaired) electrons. The van der Waals surface area contributed by atoms with Crippen LogP contribution in [-0.4, -0.2) is 68.2 Å². The van der Waals surface area contributed by atoms with Crippen LogP contribution in [0.2, 0.25) is 0 Å². The zero-order chi connectivity index (χ0) is 37.8. The number of unbranched alkanes of at least 4 members (excludes halogenated alkanes) is 20. The van der Waals surface area contributed by atoms with Gasteiger partial charge >= 0.3 is 105 Å². The smallest absolute Gasteiger partial charge is 1.00 e. The van der Waals surface area contributed by atoms with Gasteiger partial charge in [0.2, 0.25) is 11.8 Å². The van der Waals surface area contributed by atoms with Crippen molar-refractivity contribution in [2.24, 2.45) is 0 Å². The molecule has 6 N–H and O–H groups in total. The van der Waals surface area contributed by atoms with Crippen LogP contribution in [0.3, 0.4) is 0 Å². The fourth-order valence-electron chi connectivity index (χ4n) is 5.48. The van der Waals surface area contributed by atoms with E-state index in [1.54, 1.807) is 0 Å². The Balaban J connectivity index is -0.000000199. The van der Waals surface area contributed by atoms with Crippen LogP contribution in [0.15, 0.2) is 0 Å². The van der Waals surface area contributed by atoms with Gasteiger partial charge < -0.3 is 33.9 Å². The first-order chi connectivity index (χ1) is 23.9. The molecule has 0 aromatic heterocycles. The monoisotopic (exact) mass is 778 g/mol. The third-order valence-corrected chi connectivity index (χ3v) is 8.58. The first kappa shape index (κ1) is 58.2. The summed E-state index contributed by atoms with van der Waals surface area (Å²) < 4.78 is 0. The quantitative estimate of drug-likeness (QED) is 0.0416. The van der Waals surface area contributed by atoms with Crippen molar-refractivity contribution < 1.29 is 133 Å². The van der Waals surface area contributed by atoms with Crippen molar-refractivity contribution in [1.82, 2.24) is 10.6 Å². The normalized spacial score (nSPS) is 11.4.